The molecule has 3 heterocycles. The number of rotatable bonds is 3. The molecule has 0 aromatic carbocycles. The second-order valence-corrected chi connectivity index (χ2v) is 6.12. The van der Waals surface area contributed by atoms with Gasteiger partial charge < -0.3 is 14.2 Å². The van der Waals surface area contributed by atoms with Crippen molar-refractivity contribution in [3.05, 3.63) is 18.7 Å². The van der Waals surface area contributed by atoms with E-state index in [2.05, 4.69) is 16.8 Å². The van der Waals surface area contributed by atoms with Gasteiger partial charge in [-0.3, -0.25) is 9.69 Å². The van der Waals surface area contributed by atoms with Gasteiger partial charge in [0, 0.05) is 44.6 Å². The standard InChI is InChI=1S/C15H24N4O2/c1-12-9-19(10-14(12)17-5-7-21-8-6-17)15(20)13(2)18-4-3-16-11-18/h3-4,11-14H,5-10H2,1-2H3. The minimum absolute atomic E-state index is 0.178. The number of nitrogens with zero attached hydrogens (tertiary/aromatic N) is 4. The molecule has 1 aromatic heterocycles. The van der Waals surface area contributed by atoms with Crippen LogP contribution in [0.1, 0.15) is 19.9 Å². The Labute approximate surface area is 125 Å². The van der Waals surface area contributed by atoms with Gasteiger partial charge in [-0.1, -0.05) is 6.92 Å². The van der Waals surface area contributed by atoms with Gasteiger partial charge in [-0.2, -0.15) is 0 Å². The Kier molecular flexibility index (Phi) is 4.26. The first-order valence-electron chi connectivity index (χ1n) is 7.75. The third-order valence-corrected chi connectivity index (χ3v) is 4.73. The van der Waals surface area contributed by atoms with Crippen LogP contribution in [0.15, 0.2) is 18.7 Å². The van der Waals surface area contributed by atoms with Gasteiger partial charge in [0.15, 0.2) is 0 Å². The molecule has 0 radical (unpaired) electrons. The van der Waals surface area contributed by atoms with Crippen LogP contribution in [0.4, 0.5) is 0 Å². The van der Waals surface area contributed by atoms with Crippen LogP contribution in [0.2, 0.25) is 0 Å². The molecule has 6 nitrogen and oxygen atoms in total. The van der Waals surface area contributed by atoms with E-state index in [0.717, 1.165) is 39.4 Å². The van der Waals surface area contributed by atoms with Crippen LogP contribution in [-0.2, 0) is 9.53 Å². The highest BCUT2D eigenvalue weighted by molar-refractivity contribution is 5.80. The summed E-state index contributed by atoms with van der Waals surface area (Å²) < 4.78 is 7.29. The minimum atomic E-state index is -0.178. The molecular formula is C15H24N4O2. The molecule has 2 fully saturated rings. The summed E-state index contributed by atoms with van der Waals surface area (Å²) in [5, 5.41) is 0. The lowest BCUT2D eigenvalue weighted by Crippen LogP contribution is -2.47. The Morgan fingerprint density at radius 2 is 2.10 bits per heavy atom. The average molecular weight is 292 g/mol. The molecule has 0 N–H and O–H groups in total. The molecule has 3 unspecified atom stereocenters. The topological polar surface area (TPSA) is 50.6 Å². The van der Waals surface area contributed by atoms with E-state index in [-0.39, 0.29) is 11.9 Å². The smallest absolute Gasteiger partial charge is 0.245 e. The van der Waals surface area contributed by atoms with Gasteiger partial charge in [-0.25, -0.2) is 4.98 Å². The molecule has 0 bridgehead atoms. The van der Waals surface area contributed by atoms with E-state index in [1.165, 1.54) is 0 Å². The largest absolute Gasteiger partial charge is 0.379 e. The summed E-state index contributed by atoms with van der Waals surface area (Å²) in [5.74, 6) is 0.706. The lowest BCUT2D eigenvalue weighted by molar-refractivity contribution is -0.133. The average Bonchev–Trinajstić information content (AvgIpc) is 3.16. The molecule has 3 rings (SSSR count). The van der Waals surface area contributed by atoms with Crippen molar-refractivity contribution in [2.45, 2.75) is 25.9 Å². The Morgan fingerprint density at radius 1 is 1.33 bits per heavy atom. The number of ether oxygens (including phenoxy) is 1. The Hall–Kier alpha value is -1.40. The molecule has 1 amide bonds. The zero-order valence-corrected chi connectivity index (χ0v) is 12.8. The second kappa shape index (κ2) is 6.15. The summed E-state index contributed by atoms with van der Waals surface area (Å²) in [6, 6.07) is 0.288. The van der Waals surface area contributed by atoms with Crippen molar-refractivity contribution in [2.75, 3.05) is 39.4 Å². The number of carbonyl (C=O) groups excluding carboxylic acids is 1. The van der Waals surface area contributed by atoms with Crippen LogP contribution in [0.3, 0.4) is 0 Å². The van der Waals surface area contributed by atoms with Crippen molar-refractivity contribution in [3.63, 3.8) is 0 Å². The van der Waals surface area contributed by atoms with Crippen molar-refractivity contribution in [1.82, 2.24) is 19.4 Å². The van der Waals surface area contributed by atoms with Crippen LogP contribution in [0.25, 0.3) is 0 Å². The summed E-state index contributed by atoms with van der Waals surface area (Å²) in [4.78, 5) is 21.2. The van der Waals surface area contributed by atoms with E-state index in [4.69, 9.17) is 4.74 Å². The third kappa shape index (κ3) is 2.96. The predicted octanol–water partition coefficient (Wildman–Crippen LogP) is 0.623. The van der Waals surface area contributed by atoms with E-state index < -0.39 is 0 Å². The summed E-state index contributed by atoms with van der Waals surface area (Å²) >= 11 is 0. The van der Waals surface area contributed by atoms with Crippen molar-refractivity contribution in [3.8, 4) is 0 Å². The number of imidazole rings is 1. The van der Waals surface area contributed by atoms with Crippen molar-refractivity contribution < 1.29 is 9.53 Å². The Bertz CT molecular complexity index is 470. The van der Waals surface area contributed by atoms with Crippen molar-refractivity contribution >= 4 is 5.91 Å². The van der Waals surface area contributed by atoms with Gasteiger partial charge in [-0.05, 0) is 12.8 Å². The molecule has 6 heteroatoms. The highest BCUT2D eigenvalue weighted by atomic mass is 16.5. The van der Waals surface area contributed by atoms with Crippen LogP contribution in [-0.4, -0.2) is 70.7 Å². The molecule has 1 aromatic rings. The molecule has 0 saturated carbocycles. The van der Waals surface area contributed by atoms with E-state index in [0.29, 0.717) is 12.0 Å². The molecule has 3 atom stereocenters. The van der Waals surface area contributed by atoms with E-state index in [9.17, 15) is 4.79 Å². The molecule has 0 aliphatic carbocycles. The molecular weight excluding hydrogens is 268 g/mol. The number of likely N-dealkylation sites (tertiary alicyclic amines) is 1. The minimum Gasteiger partial charge on any atom is -0.379 e. The number of morpholine rings is 1. The Balaban J connectivity index is 1.63. The first-order chi connectivity index (χ1) is 10.2. The van der Waals surface area contributed by atoms with Crippen LogP contribution in [0, 0.1) is 5.92 Å². The predicted molar refractivity (Wildman–Crippen MR) is 78.9 cm³/mol. The molecule has 2 aliphatic heterocycles. The molecule has 2 saturated heterocycles. The molecule has 2 aliphatic rings. The SMILES string of the molecule is CC1CN(C(=O)C(C)n2ccnc2)CC1N1CCOCC1. The fourth-order valence-electron chi connectivity index (χ4n) is 3.40. The first-order valence-corrected chi connectivity index (χ1v) is 7.75. The lowest BCUT2D eigenvalue weighted by atomic mass is 10.0. The number of carbonyl (C=O) groups is 1. The molecule has 0 spiro atoms. The number of aromatic nitrogens is 2. The number of hydrogen-bond donors (Lipinski definition) is 0. The van der Waals surface area contributed by atoms with Gasteiger partial charge in [0.1, 0.15) is 6.04 Å². The quantitative estimate of drug-likeness (QED) is 0.820. The molecule has 21 heavy (non-hydrogen) atoms. The highest BCUT2D eigenvalue weighted by Crippen LogP contribution is 2.24. The normalized spacial score (nSPS) is 28.8. The van der Waals surface area contributed by atoms with Crippen LogP contribution in [0.5, 0.6) is 0 Å². The maximum atomic E-state index is 12.7. The maximum absolute atomic E-state index is 12.7. The summed E-state index contributed by atoms with van der Waals surface area (Å²) in [5.41, 5.74) is 0. The monoisotopic (exact) mass is 292 g/mol. The van der Waals surface area contributed by atoms with Gasteiger partial charge in [0.05, 0.1) is 19.5 Å². The van der Waals surface area contributed by atoms with E-state index >= 15 is 0 Å². The lowest BCUT2D eigenvalue weighted by Gasteiger charge is -2.34. The zero-order chi connectivity index (χ0) is 14.8. The first kappa shape index (κ1) is 14.5. The summed E-state index contributed by atoms with van der Waals surface area (Å²) in [6.07, 6.45) is 5.27. The van der Waals surface area contributed by atoms with Crippen molar-refractivity contribution in [2.24, 2.45) is 5.92 Å². The van der Waals surface area contributed by atoms with Gasteiger partial charge >= 0.3 is 0 Å². The van der Waals surface area contributed by atoms with E-state index in [1.54, 1.807) is 12.5 Å². The van der Waals surface area contributed by atoms with Crippen molar-refractivity contribution in [1.29, 1.82) is 0 Å². The Morgan fingerprint density at radius 3 is 2.76 bits per heavy atom. The number of hydrogen-bond acceptors (Lipinski definition) is 4. The van der Waals surface area contributed by atoms with Gasteiger partial charge in [0.25, 0.3) is 0 Å². The molecule has 116 valence electrons. The summed E-state index contributed by atoms with van der Waals surface area (Å²) in [6.45, 7) is 9.44. The van der Waals surface area contributed by atoms with Gasteiger partial charge in [-0.15, -0.1) is 0 Å². The fourth-order valence-corrected chi connectivity index (χ4v) is 3.40. The van der Waals surface area contributed by atoms with Crippen LogP contribution < -0.4 is 0 Å². The maximum Gasteiger partial charge on any atom is 0.245 e. The van der Waals surface area contributed by atoms with Crippen LogP contribution >= 0.6 is 0 Å². The van der Waals surface area contributed by atoms with E-state index in [1.807, 2.05) is 22.6 Å². The zero-order valence-electron chi connectivity index (χ0n) is 12.8. The highest BCUT2D eigenvalue weighted by Gasteiger charge is 2.37. The fraction of sp³-hybridized carbons (Fsp3) is 0.733. The van der Waals surface area contributed by atoms with Gasteiger partial charge in [0.2, 0.25) is 5.91 Å². The number of amides is 1. The summed E-state index contributed by atoms with van der Waals surface area (Å²) in [7, 11) is 0. The third-order valence-electron chi connectivity index (χ3n) is 4.73. The second-order valence-electron chi connectivity index (χ2n) is 6.12.